The molecule has 0 radical (unpaired) electrons. The van der Waals surface area contributed by atoms with E-state index in [-0.39, 0.29) is 17.2 Å². The van der Waals surface area contributed by atoms with E-state index in [1.807, 2.05) is 0 Å². The summed E-state index contributed by atoms with van der Waals surface area (Å²) in [6.45, 7) is 11.9. The zero-order chi connectivity index (χ0) is 14.1. The molecule has 0 spiro atoms. The molecule has 0 rings (SSSR count). The van der Waals surface area contributed by atoms with Gasteiger partial charge in [-0.15, -0.1) is 0 Å². The van der Waals surface area contributed by atoms with E-state index in [0.717, 1.165) is 0 Å². The number of rotatable bonds is 4. The van der Waals surface area contributed by atoms with Crippen LogP contribution in [-0.4, -0.2) is 24.0 Å². The quantitative estimate of drug-likeness (QED) is 0.553. The minimum Gasteiger partial charge on any atom is -0.409 e. The fraction of sp³-hybridized carbons (Fsp3) is 0.909. The van der Waals surface area contributed by atoms with Gasteiger partial charge in [0.15, 0.2) is 8.32 Å². The lowest BCUT2D eigenvalue weighted by molar-refractivity contribution is -0.118. The van der Waals surface area contributed by atoms with Crippen molar-refractivity contribution in [1.29, 1.82) is 0 Å². The molecule has 1 atom stereocenters. The molecule has 0 amide bonds. The molecule has 0 saturated heterocycles. The number of ketones is 1. The third kappa shape index (κ3) is 5.93. The van der Waals surface area contributed by atoms with Crippen molar-refractivity contribution in [2.45, 2.75) is 62.1 Å². The fourth-order valence-corrected chi connectivity index (χ4v) is 2.93. The number of alkyl halides is 3. The molecule has 2 nitrogen and oxygen atoms in total. The summed E-state index contributed by atoms with van der Waals surface area (Å²) in [5.74, 6) is -0.0416. The normalized spacial score (nSPS) is 15.8. The molecule has 102 valence electrons. The van der Waals surface area contributed by atoms with E-state index >= 15 is 0 Å². The van der Waals surface area contributed by atoms with Crippen molar-refractivity contribution < 1.29 is 9.22 Å². The Bertz CT molecular complexity index is 279. The molecule has 17 heavy (non-hydrogen) atoms. The van der Waals surface area contributed by atoms with E-state index in [0.29, 0.717) is 0 Å². The van der Waals surface area contributed by atoms with Crippen LogP contribution in [0.2, 0.25) is 18.1 Å². The van der Waals surface area contributed by atoms with Gasteiger partial charge in [0.25, 0.3) is 0 Å². The van der Waals surface area contributed by atoms with Crippen molar-refractivity contribution >= 4 is 48.9 Å². The van der Waals surface area contributed by atoms with Crippen LogP contribution in [0.25, 0.3) is 0 Å². The van der Waals surface area contributed by atoms with Crippen LogP contribution in [0.3, 0.4) is 0 Å². The monoisotopic (exact) mass is 318 g/mol. The summed E-state index contributed by atoms with van der Waals surface area (Å²) >= 11 is 17.6. The molecule has 0 aromatic rings. The van der Waals surface area contributed by atoms with Crippen LogP contribution >= 0.6 is 34.8 Å². The summed E-state index contributed by atoms with van der Waals surface area (Å²) in [5, 5.41) is 0.0119. The maximum atomic E-state index is 11.2. The Morgan fingerprint density at radius 2 is 1.65 bits per heavy atom. The van der Waals surface area contributed by atoms with E-state index in [9.17, 15) is 4.79 Å². The molecule has 0 heterocycles. The number of carbonyl (C=O) groups excluding carboxylic acids is 1. The van der Waals surface area contributed by atoms with Crippen molar-refractivity contribution in [3.05, 3.63) is 0 Å². The standard InChI is InChI=1S/C11H21Cl3O2Si/c1-8(15)7-9(11(12,13)14)16-17(5,6)10(2,3)4/h9H,7H2,1-6H3. The SMILES string of the molecule is CC(=O)CC(O[Si](C)(C)C(C)(C)C)C(Cl)(Cl)Cl. The molecular formula is C11H21Cl3O2Si. The van der Waals surface area contributed by atoms with Gasteiger partial charge in [-0.2, -0.15) is 0 Å². The summed E-state index contributed by atoms with van der Waals surface area (Å²) in [4.78, 5) is 11.2. The van der Waals surface area contributed by atoms with E-state index in [1.165, 1.54) is 6.92 Å². The van der Waals surface area contributed by atoms with Gasteiger partial charge in [0.05, 0.1) is 6.10 Å². The Kier molecular flexibility index (Phi) is 6.03. The molecule has 0 aliphatic rings. The third-order valence-electron chi connectivity index (χ3n) is 3.08. The van der Waals surface area contributed by atoms with Crippen LogP contribution in [0, 0.1) is 0 Å². The van der Waals surface area contributed by atoms with E-state index in [4.69, 9.17) is 39.2 Å². The van der Waals surface area contributed by atoms with Crippen molar-refractivity contribution in [2.75, 3.05) is 0 Å². The van der Waals surface area contributed by atoms with E-state index in [1.54, 1.807) is 0 Å². The highest BCUT2D eigenvalue weighted by molar-refractivity contribution is 6.74. The van der Waals surface area contributed by atoms with Gasteiger partial charge in [0.2, 0.25) is 3.79 Å². The molecule has 0 fully saturated rings. The lowest BCUT2D eigenvalue weighted by atomic mass is 10.2. The van der Waals surface area contributed by atoms with Gasteiger partial charge in [-0.3, -0.25) is 4.79 Å². The molecule has 0 saturated carbocycles. The number of hydrogen-bond donors (Lipinski definition) is 0. The minimum atomic E-state index is -2.05. The van der Waals surface area contributed by atoms with Gasteiger partial charge in [-0.05, 0) is 25.1 Å². The summed E-state index contributed by atoms with van der Waals surface area (Å²) in [5.41, 5.74) is 0. The van der Waals surface area contributed by atoms with Crippen LogP contribution in [0.1, 0.15) is 34.1 Å². The van der Waals surface area contributed by atoms with Gasteiger partial charge in [0, 0.05) is 6.42 Å². The Balaban J connectivity index is 4.94. The van der Waals surface area contributed by atoms with Crippen molar-refractivity contribution in [3.63, 3.8) is 0 Å². The van der Waals surface area contributed by atoms with E-state index in [2.05, 4.69) is 33.9 Å². The van der Waals surface area contributed by atoms with Crippen LogP contribution < -0.4 is 0 Å². The lowest BCUT2D eigenvalue weighted by Crippen LogP contribution is -2.47. The molecule has 0 aliphatic heterocycles. The minimum absolute atomic E-state index is 0.0119. The van der Waals surface area contributed by atoms with Gasteiger partial charge in [-0.1, -0.05) is 55.6 Å². The molecule has 0 aromatic heterocycles. The lowest BCUT2D eigenvalue weighted by Gasteiger charge is -2.40. The van der Waals surface area contributed by atoms with Gasteiger partial charge in [-0.25, -0.2) is 0 Å². The Hall–Kier alpha value is 0.717. The maximum Gasteiger partial charge on any atom is 0.215 e. The second-order valence-electron chi connectivity index (χ2n) is 5.81. The summed E-state index contributed by atoms with van der Waals surface area (Å²) < 4.78 is 4.43. The van der Waals surface area contributed by atoms with Gasteiger partial charge in [0.1, 0.15) is 5.78 Å². The highest BCUT2D eigenvalue weighted by Crippen LogP contribution is 2.42. The van der Waals surface area contributed by atoms with Crippen LogP contribution in [0.4, 0.5) is 0 Å². The molecular weight excluding hydrogens is 299 g/mol. The van der Waals surface area contributed by atoms with Crippen molar-refractivity contribution in [1.82, 2.24) is 0 Å². The number of carbonyl (C=O) groups is 1. The number of halogens is 3. The molecule has 1 unspecified atom stereocenters. The first-order valence-corrected chi connectivity index (χ1v) is 9.55. The maximum absolute atomic E-state index is 11.2. The van der Waals surface area contributed by atoms with Crippen molar-refractivity contribution in [3.8, 4) is 0 Å². The van der Waals surface area contributed by atoms with Crippen LogP contribution in [0.15, 0.2) is 0 Å². The largest absolute Gasteiger partial charge is 0.409 e. The summed E-state index contributed by atoms with van der Waals surface area (Å²) in [6, 6.07) is 0. The zero-order valence-electron chi connectivity index (χ0n) is 11.2. The summed E-state index contributed by atoms with van der Waals surface area (Å²) in [6.07, 6.45) is -0.547. The first-order chi connectivity index (χ1) is 7.27. The average molecular weight is 320 g/mol. The molecule has 0 aliphatic carbocycles. The van der Waals surface area contributed by atoms with Gasteiger partial charge >= 0.3 is 0 Å². The predicted octanol–water partition coefficient (Wildman–Crippen LogP) is 4.73. The average Bonchev–Trinajstić information content (AvgIpc) is 1.97. The predicted molar refractivity (Wildman–Crippen MR) is 77.7 cm³/mol. The Labute approximate surface area is 120 Å². The highest BCUT2D eigenvalue weighted by atomic mass is 35.6. The first kappa shape index (κ1) is 17.7. The van der Waals surface area contributed by atoms with E-state index < -0.39 is 18.2 Å². The van der Waals surface area contributed by atoms with Crippen LogP contribution in [0.5, 0.6) is 0 Å². The fourth-order valence-electron chi connectivity index (χ4n) is 1.02. The molecule has 0 N–H and O–H groups in total. The molecule has 0 bridgehead atoms. The summed E-state index contributed by atoms with van der Waals surface area (Å²) in [7, 11) is -2.05. The molecule has 0 aromatic carbocycles. The smallest absolute Gasteiger partial charge is 0.215 e. The van der Waals surface area contributed by atoms with Crippen LogP contribution in [-0.2, 0) is 9.22 Å². The highest BCUT2D eigenvalue weighted by Gasteiger charge is 2.44. The number of hydrogen-bond acceptors (Lipinski definition) is 2. The second kappa shape index (κ2) is 5.79. The Morgan fingerprint density at radius 3 is 1.88 bits per heavy atom. The third-order valence-corrected chi connectivity index (χ3v) is 8.30. The topological polar surface area (TPSA) is 26.3 Å². The first-order valence-electron chi connectivity index (χ1n) is 5.51. The van der Waals surface area contributed by atoms with Gasteiger partial charge < -0.3 is 4.43 Å². The number of Topliss-reactive ketones (excluding diaryl/α,β-unsaturated/α-hetero) is 1. The zero-order valence-corrected chi connectivity index (χ0v) is 14.5. The second-order valence-corrected chi connectivity index (χ2v) is 12.9. The Morgan fingerprint density at radius 1 is 1.24 bits per heavy atom. The van der Waals surface area contributed by atoms with Crippen molar-refractivity contribution in [2.24, 2.45) is 0 Å². The molecule has 6 heteroatoms.